The lowest BCUT2D eigenvalue weighted by Crippen LogP contribution is -2.25. The van der Waals surface area contributed by atoms with E-state index in [9.17, 15) is 9.90 Å². The van der Waals surface area contributed by atoms with Crippen molar-refractivity contribution in [2.45, 2.75) is 50.3 Å². The quantitative estimate of drug-likeness (QED) is 0.701. The maximum atomic E-state index is 11.1. The SMILES string of the molecule is COC(=O)CCC1=CC(O[C@@H]2CC(O)C(CO)O2)CC=C1. The second-order valence-corrected chi connectivity index (χ2v) is 5.22. The molecule has 2 rings (SSSR count). The van der Waals surface area contributed by atoms with Crippen LogP contribution < -0.4 is 0 Å². The number of aliphatic hydroxyl groups excluding tert-OH is 2. The van der Waals surface area contributed by atoms with Crippen molar-refractivity contribution in [1.29, 1.82) is 0 Å². The fraction of sp³-hybridized carbons (Fsp3) is 0.667. The van der Waals surface area contributed by atoms with E-state index < -0.39 is 18.5 Å². The summed E-state index contributed by atoms with van der Waals surface area (Å²) in [7, 11) is 1.37. The van der Waals surface area contributed by atoms with Gasteiger partial charge in [0.2, 0.25) is 0 Å². The van der Waals surface area contributed by atoms with E-state index >= 15 is 0 Å². The molecule has 0 aromatic carbocycles. The Labute approximate surface area is 124 Å². The molecule has 0 radical (unpaired) electrons. The van der Waals surface area contributed by atoms with Crippen molar-refractivity contribution in [2.24, 2.45) is 0 Å². The lowest BCUT2D eigenvalue weighted by molar-refractivity contribution is -0.158. The summed E-state index contributed by atoms with van der Waals surface area (Å²) in [6.45, 7) is -0.216. The predicted octanol–water partition coefficient (Wildman–Crippen LogP) is 0.679. The van der Waals surface area contributed by atoms with Gasteiger partial charge in [-0.1, -0.05) is 18.2 Å². The maximum Gasteiger partial charge on any atom is 0.305 e. The maximum absolute atomic E-state index is 11.1. The number of hydrogen-bond acceptors (Lipinski definition) is 6. The third-order valence-electron chi connectivity index (χ3n) is 3.64. The Hall–Kier alpha value is -1.21. The van der Waals surface area contributed by atoms with E-state index in [2.05, 4.69) is 4.74 Å². The minimum atomic E-state index is -0.693. The smallest absolute Gasteiger partial charge is 0.305 e. The van der Waals surface area contributed by atoms with Crippen LogP contribution in [0.1, 0.15) is 25.7 Å². The molecular weight excluding hydrogens is 276 g/mol. The van der Waals surface area contributed by atoms with Crippen molar-refractivity contribution in [3.8, 4) is 0 Å². The highest BCUT2D eigenvalue weighted by Crippen LogP contribution is 2.25. The number of rotatable bonds is 6. The van der Waals surface area contributed by atoms with E-state index in [0.29, 0.717) is 19.3 Å². The molecule has 1 aliphatic heterocycles. The second-order valence-electron chi connectivity index (χ2n) is 5.22. The summed E-state index contributed by atoms with van der Waals surface area (Å²) in [4.78, 5) is 11.1. The summed E-state index contributed by atoms with van der Waals surface area (Å²) >= 11 is 0. The van der Waals surface area contributed by atoms with E-state index in [-0.39, 0.29) is 18.7 Å². The van der Waals surface area contributed by atoms with Gasteiger partial charge in [-0.2, -0.15) is 0 Å². The summed E-state index contributed by atoms with van der Waals surface area (Å²) in [6.07, 6.45) is 6.04. The molecular formula is C15H22O6. The Kier molecular flexibility index (Phi) is 5.93. The standard InChI is InChI=1S/C15H22O6/c1-19-14(18)6-5-10-3-2-4-11(7-10)20-15-8-12(17)13(9-16)21-15/h2-3,7,11-13,15-17H,4-6,8-9H2,1H3/t11?,12?,13?,15-/m0/s1. The summed E-state index contributed by atoms with van der Waals surface area (Å²) in [5.41, 5.74) is 1.02. The molecule has 1 heterocycles. The van der Waals surface area contributed by atoms with Gasteiger partial charge in [0.15, 0.2) is 6.29 Å². The van der Waals surface area contributed by atoms with Crippen molar-refractivity contribution in [3.05, 3.63) is 23.8 Å². The third-order valence-corrected chi connectivity index (χ3v) is 3.64. The molecule has 1 fully saturated rings. The van der Waals surface area contributed by atoms with Crippen LogP contribution in [0.2, 0.25) is 0 Å². The number of ether oxygens (including phenoxy) is 3. The van der Waals surface area contributed by atoms with Crippen molar-refractivity contribution in [3.63, 3.8) is 0 Å². The number of esters is 1. The average molecular weight is 298 g/mol. The summed E-state index contributed by atoms with van der Waals surface area (Å²) in [6, 6.07) is 0. The molecule has 4 atom stereocenters. The zero-order chi connectivity index (χ0) is 15.2. The minimum absolute atomic E-state index is 0.141. The van der Waals surface area contributed by atoms with Crippen LogP contribution in [-0.2, 0) is 19.0 Å². The van der Waals surface area contributed by atoms with Crippen LogP contribution in [-0.4, -0.2) is 54.5 Å². The van der Waals surface area contributed by atoms with Crippen LogP contribution in [0.5, 0.6) is 0 Å². The molecule has 1 saturated heterocycles. The van der Waals surface area contributed by atoms with E-state index in [1.165, 1.54) is 7.11 Å². The zero-order valence-corrected chi connectivity index (χ0v) is 12.1. The highest BCUT2D eigenvalue weighted by atomic mass is 16.7. The molecule has 1 aliphatic carbocycles. The van der Waals surface area contributed by atoms with Gasteiger partial charge in [-0.25, -0.2) is 0 Å². The molecule has 0 bridgehead atoms. The number of aliphatic hydroxyl groups is 2. The van der Waals surface area contributed by atoms with E-state index in [1.807, 2.05) is 18.2 Å². The first-order valence-corrected chi connectivity index (χ1v) is 7.16. The Morgan fingerprint density at radius 2 is 2.33 bits per heavy atom. The molecule has 0 aromatic rings. The Morgan fingerprint density at radius 3 is 3.00 bits per heavy atom. The van der Waals surface area contributed by atoms with Gasteiger partial charge < -0.3 is 24.4 Å². The number of hydrogen-bond donors (Lipinski definition) is 2. The lowest BCUT2D eigenvalue weighted by atomic mass is 10.0. The van der Waals surface area contributed by atoms with Crippen LogP contribution >= 0.6 is 0 Å². The van der Waals surface area contributed by atoms with E-state index in [4.69, 9.17) is 14.6 Å². The molecule has 0 aromatic heterocycles. The Bertz CT molecular complexity index is 416. The normalized spacial score (nSPS) is 32.0. The van der Waals surface area contributed by atoms with Crippen molar-refractivity contribution in [1.82, 2.24) is 0 Å². The Balaban J connectivity index is 1.83. The summed E-state index contributed by atoms with van der Waals surface area (Å²) in [5, 5.41) is 18.7. The van der Waals surface area contributed by atoms with Crippen LogP contribution in [0.4, 0.5) is 0 Å². The summed E-state index contributed by atoms with van der Waals surface area (Å²) in [5.74, 6) is -0.236. The van der Waals surface area contributed by atoms with Crippen LogP contribution in [0, 0.1) is 0 Å². The van der Waals surface area contributed by atoms with Crippen molar-refractivity contribution < 1.29 is 29.2 Å². The third kappa shape index (κ3) is 4.64. The molecule has 6 nitrogen and oxygen atoms in total. The second kappa shape index (κ2) is 7.70. The number of carbonyl (C=O) groups is 1. The van der Waals surface area contributed by atoms with Gasteiger partial charge in [0.1, 0.15) is 6.10 Å². The highest BCUT2D eigenvalue weighted by Gasteiger charge is 2.35. The Morgan fingerprint density at radius 1 is 1.52 bits per heavy atom. The van der Waals surface area contributed by atoms with Gasteiger partial charge in [0.25, 0.3) is 0 Å². The first kappa shape index (κ1) is 16.2. The highest BCUT2D eigenvalue weighted by molar-refractivity contribution is 5.69. The van der Waals surface area contributed by atoms with E-state index in [1.54, 1.807) is 0 Å². The molecule has 118 valence electrons. The average Bonchev–Trinajstić information content (AvgIpc) is 2.84. The van der Waals surface area contributed by atoms with Crippen molar-refractivity contribution >= 4 is 5.97 Å². The molecule has 3 unspecified atom stereocenters. The van der Waals surface area contributed by atoms with Gasteiger partial charge in [-0.15, -0.1) is 0 Å². The van der Waals surface area contributed by atoms with Gasteiger partial charge in [0.05, 0.1) is 25.9 Å². The van der Waals surface area contributed by atoms with E-state index in [0.717, 1.165) is 12.0 Å². The molecule has 21 heavy (non-hydrogen) atoms. The van der Waals surface area contributed by atoms with Gasteiger partial charge >= 0.3 is 5.97 Å². The van der Waals surface area contributed by atoms with Gasteiger partial charge in [-0.05, 0) is 18.4 Å². The number of carbonyl (C=O) groups excluding carboxylic acids is 1. The molecule has 2 N–H and O–H groups in total. The zero-order valence-electron chi connectivity index (χ0n) is 12.1. The fourth-order valence-corrected chi connectivity index (χ4v) is 2.46. The number of methoxy groups -OCH3 is 1. The van der Waals surface area contributed by atoms with Crippen molar-refractivity contribution in [2.75, 3.05) is 13.7 Å². The first-order valence-electron chi connectivity index (χ1n) is 7.16. The molecule has 2 aliphatic rings. The largest absolute Gasteiger partial charge is 0.469 e. The molecule has 0 spiro atoms. The van der Waals surface area contributed by atoms with Crippen LogP contribution in [0.15, 0.2) is 23.8 Å². The first-order chi connectivity index (χ1) is 10.1. The van der Waals surface area contributed by atoms with Crippen LogP contribution in [0.25, 0.3) is 0 Å². The monoisotopic (exact) mass is 298 g/mol. The number of allylic oxidation sites excluding steroid dienone is 2. The predicted molar refractivity (Wildman–Crippen MR) is 74.3 cm³/mol. The lowest BCUT2D eigenvalue weighted by Gasteiger charge is -2.21. The summed E-state index contributed by atoms with van der Waals surface area (Å²) < 4.78 is 15.8. The molecule has 0 amide bonds. The topological polar surface area (TPSA) is 85.2 Å². The molecule has 0 saturated carbocycles. The minimum Gasteiger partial charge on any atom is -0.469 e. The fourth-order valence-electron chi connectivity index (χ4n) is 2.46. The van der Waals surface area contributed by atoms with Gasteiger partial charge in [-0.3, -0.25) is 4.79 Å². The van der Waals surface area contributed by atoms with Crippen LogP contribution in [0.3, 0.4) is 0 Å². The molecule has 6 heteroatoms. The van der Waals surface area contributed by atoms with Gasteiger partial charge in [0, 0.05) is 12.8 Å².